The molecule has 18 heavy (non-hydrogen) atoms. The van der Waals surface area contributed by atoms with Crippen molar-refractivity contribution in [1.82, 2.24) is 0 Å². The Morgan fingerprint density at radius 3 is 2.44 bits per heavy atom. The predicted octanol–water partition coefficient (Wildman–Crippen LogP) is 3.69. The van der Waals surface area contributed by atoms with Gasteiger partial charge in [-0.25, -0.2) is 4.39 Å². The summed E-state index contributed by atoms with van der Waals surface area (Å²) in [6.45, 7) is 1.90. The molecule has 0 radical (unpaired) electrons. The van der Waals surface area contributed by atoms with E-state index in [1.165, 1.54) is 35.6 Å². The summed E-state index contributed by atoms with van der Waals surface area (Å²) in [5, 5.41) is 9.13. The second-order valence-electron chi connectivity index (χ2n) is 3.89. The molecule has 0 N–H and O–H groups in total. The monoisotopic (exact) mass is 259 g/mol. The Morgan fingerprint density at radius 1 is 1.28 bits per heavy atom. The van der Waals surface area contributed by atoms with Gasteiger partial charge in [0.05, 0.1) is 10.9 Å². The van der Waals surface area contributed by atoms with Gasteiger partial charge in [0.2, 0.25) is 0 Å². The number of halogens is 1. The van der Waals surface area contributed by atoms with Crippen LogP contribution < -0.4 is 0 Å². The number of benzene rings is 1. The molecule has 1 unspecified atom stereocenters. The molecule has 0 amide bonds. The summed E-state index contributed by atoms with van der Waals surface area (Å²) in [7, 11) is 0. The molecule has 2 rings (SSSR count). The lowest BCUT2D eigenvalue weighted by molar-refractivity contribution is 0.0982. The predicted molar refractivity (Wildman–Crippen MR) is 68.1 cm³/mol. The molecule has 0 spiro atoms. The van der Waals surface area contributed by atoms with E-state index in [2.05, 4.69) is 0 Å². The first-order chi connectivity index (χ1) is 8.61. The van der Waals surface area contributed by atoms with Gasteiger partial charge in [-0.15, -0.1) is 11.3 Å². The van der Waals surface area contributed by atoms with Crippen LogP contribution in [0.5, 0.6) is 0 Å². The smallest absolute Gasteiger partial charge is 0.194 e. The van der Waals surface area contributed by atoms with Crippen molar-refractivity contribution in [3.8, 4) is 6.07 Å². The van der Waals surface area contributed by atoms with Gasteiger partial charge in [0.1, 0.15) is 11.7 Å². The maximum absolute atomic E-state index is 12.8. The number of ketones is 1. The zero-order chi connectivity index (χ0) is 13.1. The lowest BCUT2D eigenvalue weighted by Crippen LogP contribution is -2.09. The fourth-order valence-corrected chi connectivity index (χ4v) is 2.49. The first-order valence-corrected chi connectivity index (χ1v) is 6.19. The van der Waals surface area contributed by atoms with E-state index in [0.29, 0.717) is 10.4 Å². The normalized spacial score (nSPS) is 11.8. The SMILES string of the molecule is Cc1ccc(C(=O)C(C#N)c2ccc(F)cc2)s1. The highest BCUT2D eigenvalue weighted by Crippen LogP contribution is 2.25. The molecule has 1 aromatic heterocycles. The van der Waals surface area contributed by atoms with Crippen LogP contribution in [0.1, 0.15) is 26.0 Å². The van der Waals surface area contributed by atoms with Crippen LogP contribution in [-0.4, -0.2) is 5.78 Å². The van der Waals surface area contributed by atoms with E-state index < -0.39 is 5.92 Å². The Hall–Kier alpha value is -1.99. The third-order valence-corrected chi connectivity index (χ3v) is 3.59. The number of nitrogens with zero attached hydrogens (tertiary/aromatic N) is 1. The van der Waals surface area contributed by atoms with Crippen LogP contribution in [0.25, 0.3) is 0 Å². The summed E-state index contributed by atoms with van der Waals surface area (Å²) >= 11 is 1.36. The third kappa shape index (κ3) is 2.47. The molecule has 0 aliphatic rings. The van der Waals surface area contributed by atoms with E-state index >= 15 is 0 Å². The highest BCUT2D eigenvalue weighted by Gasteiger charge is 2.22. The molecule has 0 saturated carbocycles. The van der Waals surface area contributed by atoms with E-state index in [0.717, 1.165) is 4.88 Å². The van der Waals surface area contributed by atoms with Crippen molar-refractivity contribution in [2.45, 2.75) is 12.8 Å². The maximum Gasteiger partial charge on any atom is 0.194 e. The van der Waals surface area contributed by atoms with E-state index in [-0.39, 0.29) is 11.6 Å². The van der Waals surface area contributed by atoms with E-state index in [9.17, 15) is 9.18 Å². The number of nitriles is 1. The van der Waals surface area contributed by atoms with E-state index in [1.54, 1.807) is 6.07 Å². The van der Waals surface area contributed by atoms with Crippen LogP contribution >= 0.6 is 11.3 Å². The second-order valence-corrected chi connectivity index (χ2v) is 5.18. The number of hydrogen-bond acceptors (Lipinski definition) is 3. The van der Waals surface area contributed by atoms with E-state index in [4.69, 9.17) is 5.26 Å². The van der Waals surface area contributed by atoms with Gasteiger partial charge in [-0.05, 0) is 36.8 Å². The Morgan fingerprint density at radius 2 is 1.94 bits per heavy atom. The lowest BCUT2D eigenvalue weighted by atomic mass is 9.95. The van der Waals surface area contributed by atoms with Crippen LogP contribution in [0.3, 0.4) is 0 Å². The molecule has 1 atom stereocenters. The molecule has 4 heteroatoms. The van der Waals surface area contributed by atoms with Crippen molar-refractivity contribution < 1.29 is 9.18 Å². The van der Waals surface area contributed by atoms with Gasteiger partial charge in [0, 0.05) is 4.88 Å². The summed E-state index contributed by atoms with van der Waals surface area (Å²) in [4.78, 5) is 13.7. The third-order valence-electron chi connectivity index (χ3n) is 2.58. The van der Waals surface area contributed by atoms with Gasteiger partial charge in [-0.2, -0.15) is 5.26 Å². The van der Waals surface area contributed by atoms with Gasteiger partial charge in [0.25, 0.3) is 0 Å². The van der Waals surface area contributed by atoms with Crippen molar-refractivity contribution in [2.75, 3.05) is 0 Å². The summed E-state index contributed by atoms with van der Waals surface area (Å²) in [5.41, 5.74) is 0.523. The fraction of sp³-hybridized carbons (Fsp3) is 0.143. The van der Waals surface area contributed by atoms with Crippen LogP contribution in [0, 0.1) is 24.1 Å². The lowest BCUT2D eigenvalue weighted by Gasteiger charge is -2.06. The minimum absolute atomic E-state index is 0.234. The molecule has 0 aliphatic heterocycles. The molecule has 0 fully saturated rings. The summed E-state index contributed by atoms with van der Waals surface area (Å²) < 4.78 is 12.8. The molecule has 0 bridgehead atoms. The van der Waals surface area contributed by atoms with Crippen molar-refractivity contribution in [3.05, 3.63) is 57.5 Å². The van der Waals surface area contributed by atoms with Gasteiger partial charge in [-0.1, -0.05) is 12.1 Å². The Balaban J connectivity index is 2.32. The highest BCUT2D eigenvalue weighted by molar-refractivity contribution is 7.14. The summed E-state index contributed by atoms with van der Waals surface area (Å²) in [6.07, 6.45) is 0. The molecule has 1 aromatic carbocycles. The van der Waals surface area contributed by atoms with Crippen molar-refractivity contribution >= 4 is 17.1 Å². The standard InChI is InChI=1S/C14H10FNOS/c1-9-2-7-13(18-9)14(17)12(8-16)10-3-5-11(15)6-4-10/h2-7,12H,1H3. The number of thiophene rings is 1. The topological polar surface area (TPSA) is 40.9 Å². The number of aryl methyl sites for hydroxylation is 1. The molecular formula is C14H10FNOS. The zero-order valence-corrected chi connectivity index (χ0v) is 10.5. The number of rotatable bonds is 3. The van der Waals surface area contributed by atoms with Gasteiger partial charge in [-0.3, -0.25) is 4.79 Å². The van der Waals surface area contributed by atoms with Crippen LogP contribution in [0.4, 0.5) is 4.39 Å². The Bertz CT molecular complexity index is 609. The van der Waals surface area contributed by atoms with Gasteiger partial charge < -0.3 is 0 Å². The number of Topliss-reactive ketones (excluding diaryl/α,β-unsaturated/α-hetero) is 1. The Labute approximate surface area is 108 Å². The molecule has 1 heterocycles. The minimum atomic E-state index is -0.872. The van der Waals surface area contributed by atoms with Crippen molar-refractivity contribution in [1.29, 1.82) is 5.26 Å². The van der Waals surface area contributed by atoms with Crippen LogP contribution in [0.2, 0.25) is 0 Å². The number of hydrogen-bond donors (Lipinski definition) is 0. The zero-order valence-electron chi connectivity index (χ0n) is 9.68. The quantitative estimate of drug-likeness (QED) is 0.789. The molecule has 2 nitrogen and oxygen atoms in total. The maximum atomic E-state index is 12.8. The van der Waals surface area contributed by atoms with Gasteiger partial charge >= 0.3 is 0 Å². The van der Waals surface area contributed by atoms with Crippen LogP contribution in [-0.2, 0) is 0 Å². The van der Waals surface area contributed by atoms with E-state index in [1.807, 2.05) is 19.1 Å². The summed E-state index contributed by atoms with van der Waals surface area (Å²) in [6, 6.07) is 11.0. The average Bonchev–Trinajstić information content (AvgIpc) is 2.79. The molecule has 0 saturated heterocycles. The van der Waals surface area contributed by atoms with Gasteiger partial charge in [0.15, 0.2) is 5.78 Å². The number of carbonyl (C=O) groups is 1. The largest absolute Gasteiger partial charge is 0.291 e. The summed E-state index contributed by atoms with van der Waals surface area (Å²) in [5.74, 6) is -1.49. The first kappa shape index (κ1) is 12.5. The molecule has 90 valence electrons. The van der Waals surface area contributed by atoms with Crippen molar-refractivity contribution in [2.24, 2.45) is 0 Å². The average molecular weight is 259 g/mol. The molecular weight excluding hydrogens is 249 g/mol. The molecule has 2 aromatic rings. The first-order valence-electron chi connectivity index (χ1n) is 5.37. The number of carbonyl (C=O) groups excluding carboxylic acids is 1. The Kier molecular flexibility index (Phi) is 3.54. The van der Waals surface area contributed by atoms with Crippen LogP contribution in [0.15, 0.2) is 36.4 Å². The minimum Gasteiger partial charge on any atom is -0.291 e. The molecule has 0 aliphatic carbocycles. The van der Waals surface area contributed by atoms with Crippen molar-refractivity contribution in [3.63, 3.8) is 0 Å². The second kappa shape index (κ2) is 5.11. The fourth-order valence-electron chi connectivity index (χ4n) is 1.65. The highest BCUT2D eigenvalue weighted by atomic mass is 32.1.